The fourth-order valence-corrected chi connectivity index (χ4v) is 1.46. The summed E-state index contributed by atoms with van der Waals surface area (Å²) in [4.78, 5) is 22.2. The minimum absolute atomic E-state index is 0. The maximum atomic E-state index is 11.7. The van der Waals surface area contributed by atoms with Crippen molar-refractivity contribution in [1.29, 1.82) is 0 Å². The summed E-state index contributed by atoms with van der Waals surface area (Å²) in [5, 5.41) is 2.44. The second kappa shape index (κ2) is 7.68. The van der Waals surface area contributed by atoms with Gasteiger partial charge >= 0.3 is 0 Å². The maximum absolute atomic E-state index is 11.7. The predicted octanol–water partition coefficient (Wildman–Crippen LogP) is 0.346. The molecule has 0 radical (unpaired) electrons. The van der Waals surface area contributed by atoms with Gasteiger partial charge in [0.2, 0.25) is 11.8 Å². The second-order valence-electron chi connectivity index (χ2n) is 3.91. The number of hydrogen-bond acceptors (Lipinski definition) is 3. The Hall–Kier alpha value is -1.59. The van der Waals surface area contributed by atoms with Gasteiger partial charge < -0.3 is 16.8 Å². The lowest BCUT2D eigenvalue weighted by molar-refractivity contribution is -0.127. The zero-order valence-corrected chi connectivity index (χ0v) is 10.9. The summed E-state index contributed by atoms with van der Waals surface area (Å²) in [5.41, 5.74) is 11.8. The summed E-state index contributed by atoms with van der Waals surface area (Å²) >= 11 is 0. The van der Waals surface area contributed by atoms with Crippen molar-refractivity contribution in [3.05, 3.63) is 35.9 Å². The van der Waals surface area contributed by atoms with Crippen LogP contribution in [-0.2, 0) is 9.59 Å². The highest BCUT2D eigenvalue weighted by molar-refractivity contribution is 5.85. The SMILES string of the molecule is CC(C(=O)NCC(N)=O)C(N)c1ccccc1.Cl. The minimum Gasteiger partial charge on any atom is -0.368 e. The zero-order valence-electron chi connectivity index (χ0n) is 10.1. The Morgan fingerprint density at radius 1 is 1.28 bits per heavy atom. The Labute approximate surface area is 112 Å². The van der Waals surface area contributed by atoms with E-state index in [1.54, 1.807) is 6.92 Å². The molecule has 5 nitrogen and oxygen atoms in total. The molecule has 5 N–H and O–H groups in total. The predicted molar refractivity (Wildman–Crippen MR) is 72.0 cm³/mol. The van der Waals surface area contributed by atoms with Crippen LogP contribution in [0, 0.1) is 5.92 Å². The molecule has 0 saturated heterocycles. The van der Waals surface area contributed by atoms with Gasteiger partial charge in [-0.2, -0.15) is 0 Å². The fourth-order valence-electron chi connectivity index (χ4n) is 1.46. The van der Waals surface area contributed by atoms with Gasteiger partial charge in [-0.1, -0.05) is 37.3 Å². The van der Waals surface area contributed by atoms with Crippen molar-refractivity contribution in [2.75, 3.05) is 6.54 Å². The van der Waals surface area contributed by atoms with Crippen LogP contribution in [0.3, 0.4) is 0 Å². The molecule has 18 heavy (non-hydrogen) atoms. The molecule has 6 heteroatoms. The average Bonchev–Trinajstić information content (AvgIpc) is 2.35. The van der Waals surface area contributed by atoms with Crippen molar-refractivity contribution in [2.24, 2.45) is 17.4 Å². The maximum Gasteiger partial charge on any atom is 0.236 e. The highest BCUT2D eigenvalue weighted by Crippen LogP contribution is 2.18. The number of primary amides is 1. The van der Waals surface area contributed by atoms with E-state index in [2.05, 4.69) is 5.32 Å². The minimum atomic E-state index is -0.571. The summed E-state index contributed by atoms with van der Waals surface area (Å²) in [6.45, 7) is 1.55. The van der Waals surface area contributed by atoms with E-state index < -0.39 is 17.9 Å². The van der Waals surface area contributed by atoms with Gasteiger partial charge in [-0.05, 0) is 5.56 Å². The van der Waals surface area contributed by atoms with Gasteiger partial charge in [-0.3, -0.25) is 9.59 Å². The van der Waals surface area contributed by atoms with Crippen molar-refractivity contribution in [3.8, 4) is 0 Å². The van der Waals surface area contributed by atoms with Crippen molar-refractivity contribution >= 4 is 24.2 Å². The molecule has 1 rings (SSSR count). The molecule has 0 bridgehead atoms. The van der Waals surface area contributed by atoms with Gasteiger partial charge in [-0.15, -0.1) is 12.4 Å². The van der Waals surface area contributed by atoms with Gasteiger partial charge in [-0.25, -0.2) is 0 Å². The third-order valence-electron chi connectivity index (χ3n) is 2.57. The number of hydrogen-bond donors (Lipinski definition) is 3. The van der Waals surface area contributed by atoms with Crippen molar-refractivity contribution in [2.45, 2.75) is 13.0 Å². The van der Waals surface area contributed by atoms with Gasteiger partial charge in [0.25, 0.3) is 0 Å². The van der Waals surface area contributed by atoms with E-state index in [1.165, 1.54) is 0 Å². The zero-order chi connectivity index (χ0) is 12.8. The number of benzene rings is 1. The first kappa shape index (κ1) is 16.4. The summed E-state index contributed by atoms with van der Waals surface area (Å²) in [5.74, 6) is -1.27. The van der Waals surface area contributed by atoms with E-state index in [4.69, 9.17) is 11.5 Å². The van der Waals surface area contributed by atoms with Crippen LogP contribution in [0.15, 0.2) is 30.3 Å². The normalized spacial score (nSPS) is 13.0. The molecule has 0 aliphatic rings. The molecule has 1 aromatic carbocycles. The first-order valence-corrected chi connectivity index (χ1v) is 5.39. The van der Waals surface area contributed by atoms with Crippen molar-refractivity contribution in [1.82, 2.24) is 5.32 Å². The number of carbonyl (C=O) groups is 2. The molecule has 2 atom stereocenters. The quantitative estimate of drug-likeness (QED) is 0.720. The number of amides is 2. The van der Waals surface area contributed by atoms with Crippen LogP contribution in [0.1, 0.15) is 18.5 Å². The van der Waals surface area contributed by atoms with Gasteiger partial charge in [0.05, 0.1) is 12.5 Å². The lowest BCUT2D eigenvalue weighted by atomic mass is 9.95. The van der Waals surface area contributed by atoms with Gasteiger partial charge in [0, 0.05) is 6.04 Å². The molecule has 0 saturated carbocycles. The standard InChI is InChI=1S/C12H17N3O2.ClH/c1-8(12(17)15-7-10(13)16)11(14)9-5-3-2-4-6-9;/h2-6,8,11H,7,14H2,1H3,(H2,13,16)(H,15,17);1H. The molecular weight excluding hydrogens is 254 g/mol. The topological polar surface area (TPSA) is 98.2 Å². The van der Waals surface area contributed by atoms with Crippen LogP contribution in [0.25, 0.3) is 0 Å². The summed E-state index contributed by atoms with van der Waals surface area (Å²) in [6.07, 6.45) is 0. The highest BCUT2D eigenvalue weighted by Gasteiger charge is 2.21. The molecule has 0 heterocycles. The number of carbonyl (C=O) groups excluding carboxylic acids is 2. The molecule has 0 aromatic heterocycles. The van der Waals surface area contributed by atoms with Crippen LogP contribution in [-0.4, -0.2) is 18.4 Å². The third-order valence-corrected chi connectivity index (χ3v) is 2.57. The molecule has 100 valence electrons. The number of nitrogens with two attached hydrogens (primary N) is 2. The van der Waals surface area contributed by atoms with E-state index in [-0.39, 0.29) is 24.9 Å². The third kappa shape index (κ3) is 4.73. The molecule has 0 aliphatic carbocycles. The number of halogens is 1. The molecule has 2 amide bonds. The van der Waals surface area contributed by atoms with E-state index >= 15 is 0 Å². The average molecular weight is 272 g/mol. The van der Waals surface area contributed by atoms with E-state index in [0.29, 0.717) is 0 Å². The van der Waals surface area contributed by atoms with E-state index in [1.807, 2.05) is 30.3 Å². The highest BCUT2D eigenvalue weighted by atomic mass is 35.5. The molecule has 0 spiro atoms. The molecular formula is C12H18ClN3O2. The smallest absolute Gasteiger partial charge is 0.236 e. The van der Waals surface area contributed by atoms with Crippen molar-refractivity contribution in [3.63, 3.8) is 0 Å². The Kier molecular flexibility index (Phi) is 7.00. The van der Waals surface area contributed by atoms with E-state index in [9.17, 15) is 9.59 Å². The summed E-state index contributed by atoms with van der Waals surface area (Å²) in [7, 11) is 0. The summed E-state index contributed by atoms with van der Waals surface area (Å²) < 4.78 is 0. The fraction of sp³-hybridized carbons (Fsp3) is 0.333. The van der Waals surface area contributed by atoms with Gasteiger partial charge in [0.1, 0.15) is 0 Å². The van der Waals surface area contributed by atoms with E-state index in [0.717, 1.165) is 5.56 Å². The molecule has 0 aliphatic heterocycles. The summed E-state index contributed by atoms with van der Waals surface area (Å²) in [6, 6.07) is 8.94. The van der Waals surface area contributed by atoms with Crippen molar-refractivity contribution < 1.29 is 9.59 Å². The van der Waals surface area contributed by atoms with Crippen LogP contribution < -0.4 is 16.8 Å². The number of rotatable bonds is 5. The largest absolute Gasteiger partial charge is 0.368 e. The van der Waals surface area contributed by atoms with Crippen LogP contribution in [0.5, 0.6) is 0 Å². The lowest BCUT2D eigenvalue weighted by Gasteiger charge is -2.19. The Balaban J connectivity index is 0.00000289. The first-order chi connectivity index (χ1) is 8.02. The molecule has 2 unspecified atom stereocenters. The van der Waals surface area contributed by atoms with Gasteiger partial charge in [0.15, 0.2) is 0 Å². The van der Waals surface area contributed by atoms with Crippen LogP contribution >= 0.6 is 12.4 Å². The number of nitrogens with one attached hydrogen (secondary N) is 1. The Bertz CT molecular complexity index is 398. The lowest BCUT2D eigenvalue weighted by Crippen LogP contribution is -2.39. The molecule has 0 fully saturated rings. The Morgan fingerprint density at radius 2 is 1.83 bits per heavy atom. The Morgan fingerprint density at radius 3 is 2.33 bits per heavy atom. The first-order valence-electron chi connectivity index (χ1n) is 5.39. The monoisotopic (exact) mass is 271 g/mol. The van der Waals surface area contributed by atoms with Crippen LogP contribution in [0.2, 0.25) is 0 Å². The molecule has 1 aromatic rings. The second-order valence-corrected chi connectivity index (χ2v) is 3.91. The van der Waals surface area contributed by atoms with Crippen LogP contribution in [0.4, 0.5) is 0 Å².